The predicted molar refractivity (Wildman–Crippen MR) is 72.3 cm³/mol. The number of nitrogens with one attached hydrogen (secondary N) is 1. The third-order valence-corrected chi connectivity index (χ3v) is 3.64. The molecular weight excluding hydrogens is 235 g/mol. The topological polar surface area (TPSA) is 38.0 Å². The lowest BCUT2D eigenvalue weighted by molar-refractivity contribution is 0.537. The Bertz CT molecular complexity index is 368. The summed E-state index contributed by atoms with van der Waals surface area (Å²) < 4.78 is 13.4. The standard InChI is InChI=1S/C13H19FN2S/c1-10(2)7-8-11(16-15)9-17-13-6-4-3-5-12(13)14/h3-6,11,16H,1,7-9,15H2,2H3. The summed E-state index contributed by atoms with van der Waals surface area (Å²) in [5.41, 5.74) is 3.90. The molecule has 2 nitrogen and oxygen atoms in total. The zero-order valence-corrected chi connectivity index (χ0v) is 10.9. The van der Waals surface area contributed by atoms with Crippen molar-refractivity contribution in [3.63, 3.8) is 0 Å². The van der Waals surface area contributed by atoms with Gasteiger partial charge in [-0.15, -0.1) is 18.3 Å². The average Bonchev–Trinajstić information content (AvgIpc) is 2.31. The van der Waals surface area contributed by atoms with Gasteiger partial charge >= 0.3 is 0 Å². The molecule has 1 aromatic rings. The summed E-state index contributed by atoms with van der Waals surface area (Å²) in [6, 6.07) is 6.97. The zero-order chi connectivity index (χ0) is 12.7. The predicted octanol–water partition coefficient (Wildman–Crippen LogP) is 3.11. The van der Waals surface area contributed by atoms with E-state index < -0.39 is 0 Å². The van der Waals surface area contributed by atoms with Crippen LogP contribution in [0.15, 0.2) is 41.3 Å². The summed E-state index contributed by atoms with van der Waals surface area (Å²) in [4.78, 5) is 0.670. The van der Waals surface area contributed by atoms with Crippen molar-refractivity contribution in [1.29, 1.82) is 0 Å². The molecule has 1 rings (SSSR count). The van der Waals surface area contributed by atoms with Gasteiger partial charge in [-0.3, -0.25) is 11.3 Å². The van der Waals surface area contributed by atoms with Gasteiger partial charge in [-0.25, -0.2) is 4.39 Å². The highest BCUT2D eigenvalue weighted by Crippen LogP contribution is 2.22. The van der Waals surface area contributed by atoms with E-state index >= 15 is 0 Å². The number of thioether (sulfide) groups is 1. The number of benzene rings is 1. The molecule has 4 heteroatoms. The van der Waals surface area contributed by atoms with Crippen molar-refractivity contribution < 1.29 is 4.39 Å². The molecule has 1 atom stereocenters. The van der Waals surface area contributed by atoms with Gasteiger partial charge in [0.25, 0.3) is 0 Å². The molecule has 3 N–H and O–H groups in total. The van der Waals surface area contributed by atoms with Gasteiger partial charge in [-0.2, -0.15) is 0 Å². The quantitative estimate of drug-likeness (QED) is 0.340. The van der Waals surface area contributed by atoms with Crippen molar-refractivity contribution in [1.82, 2.24) is 5.43 Å². The molecule has 0 aliphatic rings. The van der Waals surface area contributed by atoms with Crippen molar-refractivity contribution in [2.45, 2.75) is 30.7 Å². The smallest absolute Gasteiger partial charge is 0.136 e. The van der Waals surface area contributed by atoms with Crippen LogP contribution in [0.2, 0.25) is 0 Å². The van der Waals surface area contributed by atoms with Gasteiger partial charge in [0.1, 0.15) is 5.82 Å². The van der Waals surface area contributed by atoms with Crippen LogP contribution in [0.5, 0.6) is 0 Å². The molecule has 0 spiro atoms. The van der Waals surface area contributed by atoms with E-state index in [9.17, 15) is 4.39 Å². The van der Waals surface area contributed by atoms with Gasteiger partial charge in [0.15, 0.2) is 0 Å². The van der Waals surface area contributed by atoms with Crippen LogP contribution in [0.4, 0.5) is 4.39 Å². The van der Waals surface area contributed by atoms with Crippen molar-refractivity contribution in [2.24, 2.45) is 5.84 Å². The highest BCUT2D eigenvalue weighted by Gasteiger charge is 2.09. The number of hydrogen-bond acceptors (Lipinski definition) is 3. The average molecular weight is 254 g/mol. The van der Waals surface area contributed by atoms with Gasteiger partial charge in [-0.05, 0) is 31.9 Å². The monoisotopic (exact) mass is 254 g/mol. The second kappa shape index (κ2) is 7.48. The SMILES string of the molecule is C=C(C)CCC(CSc1ccccc1F)NN. The molecule has 0 aliphatic heterocycles. The van der Waals surface area contributed by atoms with Crippen LogP contribution in [-0.4, -0.2) is 11.8 Å². The van der Waals surface area contributed by atoms with E-state index in [1.165, 1.54) is 17.8 Å². The lowest BCUT2D eigenvalue weighted by Gasteiger charge is -2.15. The Morgan fingerprint density at radius 3 is 2.82 bits per heavy atom. The van der Waals surface area contributed by atoms with Gasteiger partial charge < -0.3 is 0 Å². The first-order chi connectivity index (χ1) is 8.13. The van der Waals surface area contributed by atoms with E-state index in [1.54, 1.807) is 12.1 Å². The summed E-state index contributed by atoms with van der Waals surface area (Å²) in [6.45, 7) is 5.86. The Labute approximate surface area is 106 Å². The molecule has 0 aromatic heterocycles. The third-order valence-electron chi connectivity index (χ3n) is 2.43. The van der Waals surface area contributed by atoms with Gasteiger partial charge in [-0.1, -0.05) is 17.7 Å². The zero-order valence-electron chi connectivity index (χ0n) is 10.1. The first kappa shape index (κ1) is 14.2. The highest BCUT2D eigenvalue weighted by molar-refractivity contribution is 7.99. The molecule has 1 aromatic carbocycles. The number of nitrogens with two attached hydrogens (primary N) is 1. The minimum Gasteiger partial charge on any atom is -0.271 e. The van der Waals surface area contributed by atoms with Crippen LogP contribution in [0, 0.1) is 5.82 Å². The van der Waals surface area contributed by atoms with E-state index in [1.807, 2.05) is 13.0 Å². The molecule has 0 bridgehead atoms. The van der Waals surface area contributed by atoms with Gasteiger partial charge in [0, 0.05) is 16.7 Å². The third kappa shape index (κ3) is 5.35. The van der Waals surface area contributed by atoms with E-state index in [0.717, 1.165) is 24.2 Å². The Kier molecular flexibility index (Phi) is 6.26. The molecule has 0 saturated carbocycles. The molecule has 0 radical (unpaired) electrons. The second-order valence-electron chi connectivity index (χ2n) is 4.10. The molecule has 0 amide bonds. The first-order valence-electron chi connectivity index (χ1n) is 5.61. The van der Waals surface area contributed by atoms with Crippen LogP contribution >= 0.6 is 11.8 Å². The fourth-order valence-electron chi connectivity index (χ4n) is 1.39. The summed E-state index contributed by atoms with van der Waals surface area (Å²) in [6.07, 6.45) is 1.86. The van der Waals surface area contributed by atoms with Crippen molar-refractivity contribution in [3.8, 4) is 0 Å². The van der Waals surface area contributed by atoms with Crippen molar-refractivity contribution in [3.05, 3.63) is 42.2 Å². The summed E-state index contributed by atoms with van der Waals surface area (Å²) in [7, 11) is 0. The molecule has 1 unspecified atom stereocenters. The number of allylic oxidation sites excluding steroid dienone is 1. The van der Waals surface area contributed by atoms with E-state index in [-0.39, 0.29) is 11.9 Å². The maximum absolute atomic E-state index is 13.4. The van der Waals surface area contributed by atoms with Crippen LogP contribution in [0.1, 0.15) is 19.8 Å². The molecule has 0 aliphatic carbocycles. The van der Waals surface area contributed by atoms with Crippen molar-refractivity contribution in [2.75, 3.05) is 5.75 Å². The Morgan fingerprint density at radius 1 is 1.53 bits per heavy atom. The summed E-state index contributed by atoms with van der Waals surface area (Å²) >= 11 is 1.48. The lowest BCUT2D eigenvalue weighted by Crippen LogP contribution is -2.37. The van der Waals surface area contributed by atoms with Crippen LogP contribution in [0.25, 0.3) is 0 Å². The number of rotatable bonds is 7. The highest BCUT2D eigenvalue weighted by atomic mass is 32.2. The maximum atomic E-state index is 13.4. The van der Waals surface area contributed by atoms with Crippen LogP contribution in [0.3, 0.4) is 0 Å². The van der Waals surface area contributed by atoms with Crippen LogP contribution in [-0.2, 0) is 0 Å². The van der Waals surface area contributed by atoms with E-state index in [2.05, 4.69) is 12.0 Å². The Morgan fingerprint density at radius 2 is 2.24 bits per heavy atom. The Balaban J connectivity index is 2.42. The lowest BCUT2D eigenvalue weighted by atomic mass is 10.1. The number of hydrazine groups is 1. The normalized spacial score (nSPS) is 12.4. The summed E-state index contributed by atoms with van der Waals surface area (Å²) in [5, 5.41) is 0. The molecule has 0 fully saturated rings. The molecule has 17 heavy (non-hydrogen) atoms. The van der Waals surface area contributed by atoms with Gasteiger partial charge in [0.05, 0.1) is 0 Å². The Hall–Kier alpha value is -0.840. The largest absolute Gasteiger partial charge is 0.271 e. The molecule has 0 saturated heterocycles. The van der Waals surface area contributed by atoms with E-state index in [0.29, 0.717) is 4.90 Å². The van der Waals surface area contributed by atoms with Gasteiger partial charge in [0.2, 0.25) is 0 Å². The van der Waals surface area contributed by atoms with Crippen LogP contribution < -0.4 is 11.3 Å². The fraction of sp³-hybridized carbons (Fsp3) is 0.385. The minimum atomic E-state index is -0.173. The van der Waals surface area contributed by atoms with Crippen molar-refractivity contribution >= 4 is 11.8 Å². The fourth-order valence-corrected chi connectivity index (χ4v) is 2.41. The van der Waals surface area contributed by atoms with E-state index in [4.69, 9.17) is 5.84 Å². The maximum Gasteiger partial charge on any atom is 0.136 e. The number of halogens is 1. The molecule has 0 heterocycles. The first-order valence-corrected chi connectivity index (χ1v) is 6.60. The molecule has 94 valence electrons. The summed E-state index contributed by atoms with van der Waals surface area (Å²) in [5.74, 6) is 6.06. The second-order valence-corrected chi connectivity index (χ2v) is 5.16. The number of hydrogen-bond donors (Lipinski definition) is 2. The molecular formula is C13H19FN2S. The minimum absolute atomic E-state index is 0.173.